The molecule has 1 aliphatic heterocycles. The van der Waals surface area contributed by atoms with Crippen LogP contribution in [0.3, 0.4) is 0 Å². The van der Waals surface area contributed by atoms with E-state index < -0.39 is 11.9 Å². The van der Waals surface area contributed by atoms with Gasteiger partial charge in [0.05, 0.1) is 5.92 Å². The Balaban J connectivity index is 2.12. The van der Waals surface area contributed by atoms with Crippen molar-refractivity contribution in [1.82, 2.24) is 4.98 Å². The first kappa shape index (κ1) is 21.4. The van der Waals surface area contributed by atoms with E-state index in [2.05, 4.69) is 41.7 Å². The highest BCUT2D eigenvalue weighted by Crippen LogP contribution is 2.32. The molecule has 1 fully saturated rings. The molecule has 0 bridgehead atoms. The lowest BCUT2D eigenvalue weighted by Gasteiger charge is -2.48. The third kappa shape index (κ3) is 5.28. The molecule has 150 valence electrons. The van der Waals surface area contributed by atoms with Gasteiger partial charge in [0.1, 0.15) is 5.82 Å². The van der Waals surface area contributed by atoms with E-state index >= 15 is 0 Å². The molecule has 1 aromatic rings. The number of aliphatic carboxylic acids is 1. The van der Waals surface area contributed by atoms with Crippen molar-refractivity contribution in [3.05, 3.63) is 23.9 Å². The third-order valence-corrected chi connectivity index (χ3v) is 5.64. The summed E-state index contributed by atoms with van der Waals surface area (Å²) in [6, 6.07) is 4.09. The molecule has 27 heavy (non-hydrogen) atoms. The fraction of sp³-hybridized carbons (Fsp3) is 0.667. The maximum absolute atomic E-state index is 11.9. The zero-order valence-electron chi connectivity index (χ0n) is 17.3. The minimum atomic E-state index is -0.747. The lowest BCUT2D eigenvalue weighted by molar-refractivity contribution is -0.143. The Kier molecular flexibility index (Phi) is 6.98. The molecule has 0 aliphatic carbocycles. The SMILES string of the molecule is CN=C(C)[C@@H](Cc1ccc(N2CC(C)(CN)C2)nc1)[C@H](CC(C)C)C(=O)O. The fourth-order valence-corrected chi connectivity index (χ4v) is 3.84. The molecule has 2 heterocycles. The topological polar surface area (TPSA) is 91.8 Å². The van der Waals surface area contributed by atoms with Gasteiger partial charge in [-0.1, -0.05) is 26.8 Å². The number of rotatable bonds is 9. The summed E-state index contributed by atoms with van der Waals surface area (Å²) in [5.41, 5.74) is 7.92. The van der Waals surface area contributed by atoms with Gasteiger partial charge >= 0.3 is 5.97 Å². The molecular weight excluding hydrogens is 340 g/mol. The van der Waals surface area contributed by atoms with Gasteiger partial charge in [0.25, 0.3) is 0 Å². The van der Waals surface area contributed by atoms with E-state index in [4.69, 9.17) is 5.73 Å². The number of hydrogen-bond donors (Lipinski definition) is 2. The smallest absolute Gasteiger partial charge is 0.307 e. The number of carbonyl (C=O) groups is 1. The van der Waals surface area contributed by atoms with Crippen LogP contribution >= 0.6 is 0 Å². The van der Waals surface area contributed by atoms with Crippen LogP contribution in [-0.4, -0.2) is 48.5 Å². The van der Waals surface area contributed by atoms with Crippen LogP contribution in [0.5, 0.6) is 0 Å². The van der Waals surface area contributed by atoms with Crippen LogP contribution in [0, 0.1) is 23.2 Å². The van der Waals surface area contributed by atoms with Gasteiger partial charge in [-0.2, -0.15) is 0 Å². The van der Waals surface area contributed by atoms with Crippen LogP contribution < -0.4 is 10.6 Å². The number of anilines is 1. The predicted octanol–water partition coefficient (Wildman–Crippen LogP) is 2.86. The molecule has 0 saturated carbocycles. The summed E-state index contributed by atoms with van der Waals surface area (Å²) in [7, 11) is 1.73. The van der Waals surface area contributed by atoms with E-state index in [1.54, 1.807) is 7.05 Å². The number of aromatic nitrogens is 1. The van der Waals surface area contributed by atoms with Crippen LogP contribution in [0.4, 0.5) is 5.82 Å². The summed E-state index contributed by atoms with van der Waals surface area (Å²) in [5, 5.41) is 9.76. The highest BCUT2D eigenvalue weighted by atomic mass is 16.4. The first-order chi connectivity index (χ1) is 12.7. The first-order valence-corrected chi connectivity index (χ1v) is 9.75. The highest BCUT2D eigenvalue weighted by Gasteiger charge is 2.38. The van der Waals surface area contributed by atoms with E-state index in [0.29, 0.717) is 25.3 Å². The Morgan fingerprint density at radius 2 is 2.04 bits per heavy atom. The van der Waals surface area contributed by atoms with Gasteiger partial charge in [-0.3, -0.25) is 9.79 Å². The monoisotopic (exact) mass is 374 g/mol. The summed E-state index contributed by atoms with van der Waals surface area (Å²) in [6.45, 7) is 10.8. The van der Waals surface area contributed by atoms with Crippen molar-refractivity contribution in [2.75, 3.05) is 31.6 Å². The minimum Gasteiger partial charge on any atom is -0.481 e. The van der Waals surface area contributed by atoms with Crippen LogP contribution in [0.2, 0.25) is 0 Å². The Morgan fingerprint density at radius 3 is 2.48 bits per heavy atom. The van der Waals surface area contributed by atoms with Crippen molar-refractivity contribution in [1.29, 1.82) is 0 Å². The molecule has 0 amide bonds. The summed E-state index contributed by atoms with van der Waals surface area (Å²) in [4.78, 5) is 23.0. The van der Waals surface area contributed by atoms with Crippen LogP contribution in [0.25, 0.3) is 0 Å². The lowest BCUT2D eigenvalue weighted by atomic mass is 9.79. The van der Waals surface area contributed by atoms with Gasteiger partial charge in [-0.25, -0.2) is 4.98 Å². The summed E-state index contributed by atoms with van der Waals surface area (Å²) >= 11 is 0. The van der Waals surface area contributed by atoms with Gasteiger partial charge in [0.15, 0.2) is 0 Å². The molecule has 6 heteroatoms. The number of carboxylic acid groups (broad SMARTS) is 1. The van der Waals surface area contributed by atoms with E-state index in [9.17, 15) is 9.90 Å². The van der Waals surface area contributed by atoms with Gasteiger partial charge in [-0.15, -0.1) is 0 Å². The molecule has 0 spiro atoms. The standard InChI is InChI=1S/C21H34N4O2/c1-14(2)8-18(20(26)27)17(15(3)23-5)9-16-6-7-19(24-10-16)25-12-21(4,11-22)13-25/h6-7,10,14,17-18H,8-9,11-13,22H2,1-5H3,(H,26,27)/t17-,18+/m1/s1. The summed E-state index contributed by atoms with van der Waals surface area (Å²) in [5.74, 6) is -0.0230. The molecule has 0 radical (unpaired) electrons. The normalized spacial score (nSPS) is 18.9. The van der Waals surface area contributed by atoms with Gasteiger partial charge in [-0.05, 0) is 37.3 Å². The van der Waals surface area contributed by atoms with E-state index in [1.807, 2.05) is 19.2 Å². The second-order valence-corrected chi connectivity index (χ2v) is 8.65. The second-order valence-electron chi connectivity index (χ2n) is 8.65. The molecule has 2 rings (SSSR count). The largest absolute Gasteiger partial charge is 0.481 e. The fourth-order valence-electron chi connectivity index (χ4n) is 3.84. The quantitative estimate of drug-likeness (QED) is 0.649. The molecule has 0 unspecified atom stereocenters. The second kappa shape index (κ2) is 8.83. The third-order valence-electron chi connectivity index (χ3n) is 5.64. The number of carboxylic acids is 1. The summed E-state index contributed by atoms with van der Waals surface area (Å²) < 4.78 is 0. The number of nitrogens with two attached hydrogens (primary N) is 1. The van der Waals surface area contributed by atoms with Crippen LogP contribution in [0.1, 0.15) is 39.7 Å². The Hall–Kier alpha value is -1.95. The van der Waals surface area contributed by atoms with Gasteiger partial charge in [0.2, 0.25) is 0 Å². The van der Waals surface area contributed by atoms with E-state index in [1.165, 1.54) is 0 Å². The molecule has 1 aliphatic rings. The zero-order valence-corrected chi connectivity index (χ0v) is 17.3. The predicted molar refractivity (Wildman–Crippen MR) is 110 cm³/mol. The van der Waals surface area contributed by atoms with E-state index in [-0.39, 0.29) is 11.3 Å². The minimum absolute atomic E-state index is 0.118. The van der Waals surface area contributed by atoms with Crippen molar-refractivity contribution in [2.45, 2.75) is 40.5 Å². The first-order valence-electron chi connectivity index (χ1n) is 9.75. The lowest BCUT2D eigenvalue weighted by Crippen LogP contribution is -2.58. The van der Waals surface area contributed by atoms with Gasteiger partial charge < -0.3 is 15.7 Å². The molecule has 1 aromatic heterocycles. The molecular formula is C21H34N4O2. The zero-order chi connectivity index (χ0) is 20.2. The average molecular weight is 375 g/mol. The van der Waals surface area contributed by atoms with E-state index in [0.717, 1.165) is 30.2 Å². The van der Waals surface area contributed by atoms with Gasteiger partial charge in [0, 0.05) is 49.9 Å². The number of nitrogens with zero attached hydrogens (tertiary/aromatic N) is 3. The average Bonchev–Trinajstić information content (AvgIpc) is 2.61. The van der Waals surface area contributed by atoms with Crippen molar-refractivity contribution < 1.29 is 9.90 Å². The maximum atomic E-state index is 11.9. The van der Waals surface area contributed by atoms with Crippen molar-refractivity contribution in [3.8, 4) is 0 Å². The molecule has 1 saturated heterocycles. The number of aliphatic imine (C=N–C) groups is 1. The number of pyridine rings is 1. The Bertz CT molecular complexity index is 663. The van der Waals surface area contributed by atoms with Crippen molar-refractivity contribution >= 4 is 17.5 Å². The Labute approximate surface area is 162 Å². The molecule has 0 aromatic carbocycles. The summed E-state index contributed by atoms with van der Waals surface area (Å²) in [6.07, 6.45) is 3.15. The maximum Gasteiger partial charge on any atom is 0.307 e. The molecule has 2 atom stereocenters. The highest BCUT2D eigenvalue weighted by molar-refractivity contribution is 5.89. The van der Waals surface area contributed by atoms with Crippen LogP contribution in [0.15, 0.2) is 23.3 Å². The Morgan fingerprint density at radius 1 is 1.37 bits per heavy atom. The van der Waals surface area contributed by atoms with Crippen molar-refractivity contribution in [2.24, 2.45) is 33.9 Å². The van der Waals surface area contributed by atoms with Crippen LogP contribution in [-0.2, 0) is 11.2 Å². The van der Waals surface area contributed by atoms with Crippen molar-refractivity contribution in [3.63, 3.8) is 0 Å². The molecule has 6 nitrogen and oxygen atoms in total. The number of hydrogen-bond acceptors (Lipinski definition) is 5. The molecule has 3 N–H and O–H groups in total.